The number of unbranched alkanes of at least 4 members (excludes halogenated alkanes) is 1. The second kappa shape index (κ2) is 18.1. The highest BCUT2D eigenvalue weighted by Crippen LogP contribution is 2.13. The maximum absolute atomic E-state index is 12.2. The van der Waals surface area contributed by atoms with Crippen LogP contribution in [0.5, 0.6) is 0 Å². The summed E-state index contributed by atoms with van der Waals surface area (Å²) in [5.74, 6) is 0.123. The van der Waals surface area contributed by atoms with Crippen molar-refractivity contribution in [3.63, 3.8) is 0 Å². The van der Waals surface area contributed by atoms with Gasteiger partial charge >= 0.3 is 5.69 Å². The predicted octanol–water partition coefficient (Wildman–Crippen LogP) is 4.41. The quantitative estimate of drug-likeness (QED) is 0.168. The molecule has 0 amide bonds. The molecular formula is C26H43N7O. The SMILES string of the molecule is C=C.CC.CCCC.Cc1cc2cn(-c3ccc(CNCCCN=C(N)N)cc3)c(=O)nc2[nH]1. The van der Waals surface area contributed by atoms with Crippen molar-refractivity contribution in [2.75, 3.05) is 13.1 Å². The lowest BCUT2D eigenvalue weighted by molar-refractivity contribution is 0.655. The molecule has 0 spiro atoms. The summed E-state index contributed by atoms with van der Waals surface area (Å²) in [5.41, 5.74) is 13.8. The van der Waals surface area contributed by atoms with Crippen LogP contribution in [0.3, 0.4) is 0 Å². The Bertz CT molecular complexity index is 1010. The van der Waals surface area contributed by atoms with Gasteiger partial charge in [0.1, 0.15) is 5.65 Å². The summed E-state index contributed by atoms with van der Waals surface area (Å²) in [7, 11) is 0. The van der Waals surface area contributed by atoms with Gasteiger partial charge in [0, 0.05) is 30.4 Å². The third-order valence-corrected chi connectivity index (χ3v) is 4.49. The standard InChI is InChI=1S/C18H23N7O.C4H10.C2H6.C2H4/c1-12-9-14-11-25(18(26)24-16(14)23-12)15-5-3-13(4-6-15)10-21-7-2-8-22-17(19)20;1-3-4-2;2*1-2/h3-6,9,11,21H,2,7-8,10H2,1H3,(H4,19,20,22)(H,23,24,26);3-4H2,1-2H3;1-2H3;1-2H2. The molecule has 0 aliphatic rings. The van der Waals surface area contributed by atoms with E-state index >= 15 is 0 Å². The van der Waals surface area contributed by atoms with Crippen LogP contribution in [0.25, 0.3) is 16.7 Å². The molecular weight excluding hydrogens is 426 g/mol. The van der Waals surface area contributed by atoms with E-state index in [0.29, 0.717) is 12.2 Å². The molecule has 0 fully saturated rings. The molecule has 8 nitrogen and oxygen atoms in total. The molecule has 0 atom stereocenters. The van der Waals surface area contributed by atoms with Crippen LogP contribution in [0, 0.1) is 6.92 Å². The Morgan fingerprint density at radius 2 is 1.76 bits per heavy atom. The molecule has 3 rings (SSSR count). The van der Waals surface area contributed by atoms with E-state index in [-0.39, 0.29) is 11.6 Å². The van der Waals surface area contributed by atoms with E-state index in [1.165, 1.54) is 12.8 Å². The molecule has 6 N–H and O–H groups in total. The van der Waals surface area contributed by atoms with Gasteiger partial charge in [0.15, 0.2) is 5.96 Å². The number of H-pyrrole nitrogens is 1. The minimum atomic E-state index is -0.301. The van der Waals surface area contributed by atoms with Crippen molar-refractivity contribution in [1.82, 2.24) is 19.9 Å². The molecule has 2 heterocycles. The highest BCUT2D eigenvalue weighted by Gasteiger charge is 2.06. The number of guanidine groups is 1. The second-order valence-corrected chi connectivity index (χ2v) is 7.15. The highest BCUT2D eigenvalue weighted by molar-refractivity contribution is 5.76. The van der Waals surface area contributed by atoms with E-state index in [1.807, 2.05) is 57.3 Å². The first kappa shape index (κ1) is 30.6. The van der Waals surface area contributed by atoms with Crippen molar-refractivity contribution in [3.8, 4) is 5.69 Å². The lowest BCUT2D eigenvalue weighted by Gasteiger charge is -2.08. The van der Waals surface area contributed by atoms with Crippen LogP contribution < -0.4 is 22.5 Å². The molecule has 3 aromatic rings. The average molecular weight is 470 g/mol. The largest absolute Gasteiger partial charge is 0.370 e. The smallest absolute Gasteiger partial charge is 0.354 e. The summed E-state index contributed by atoms with van der Waals surface area (Å²) >= 11 is 0. The number of nitrogens with one attached hydrogen (secondary N) is 2. The monoisotopic (exact) mass is 469 g/mol. The molecule has 2 aromatic heterocycles. The molecule has 34 heavy (non-hydrogen) atoms. The topological polar surface area (TPSA) is 127 Å². The number of aromatic nitrogens is 3. The summed E-state index contributed by atoms with van der Waals surface area (Å²) in [6, 6.07) is 9.81. The third-order valence-electron chi connectivity index (χ3n) is 4.49. The highest BCUT2D eigenvalue weighted by atomic mass is 16.1. The molecule has 1 aromatic carbocycles. The van der Waals surface area contributed by atoms with Gasteiger partial charge in [0.05, 0.1) is 5.69 Å². The van der Waals surface area contributed by atoms with Crippen molar-refractivity contribution < 1.29 is 0 Å². The molecule has 0 bridgehead atoms. The lowest BCUT2D eigenvalue weighted by Crippen LogP contribution is -2.23. The first-order valence-electron chi connectivity index (χ1n) is 11.9. The number of aliphatic imine (C=N–C) groups is 1. The van der Waals surface area contributed by atoms with Crippen LogP contribution in [0.1, 0.15) is 58.2 Å². The molecule has 0 unspecified atom stereocenters. The minimum Gasteiger partial charge on any atom is -0.370 e. The number of hydrogen-bond donors (Lipinski definition) is 4. The number of nitrogens with two attached hydrogens (primary N) is 2. The van der Waals surface area contributed by atoms with Gasteiger partial charge < -0.3 is 21.8 Å². The molecule has 0 saturated heterocycles. The number of benzene rings is 1. The van der Waals surface area contributed by atoms with Gasteiger partial charge in [0.2, 0.25) is 0 Å². The summed E-state index contributed by atoms with van der Waals surface area (Å²) in [4.78, 5) is 23.3. The van der Waals surface area contributed by atoms with Crippen molar-refractivity contribution in [2.45, 2.75) is 60.4 Å². The Balaban J connectivity index is 0.00000121. The van der Waals surface area contributed by atoms with Crippen molar-refractivity contribution >= 4 is 17.0 Å². The minimum absolute atomic E-state index is 0.123. The van der Waals surface area contributed by atoms with Crippen LogP contribution in [0.2, 0.25) is 0 Å². The normalized spacial score (nSPS) is 9.56. The van der Waals surface area contributed by atoms with Gasteiger partial charge in [-0.05, 0) is 43.7 Å². The van der Waals surface area contributed by atoms with Gasteiger partial charge in [0.25, 0.3) is 0 Å². The maximum Gasteiger partial charge on any atom is 0.354 e. The van der Waals surface area contributed by atoms with E-state index in [9.17, 15) is 4.79 Å². The van der Waals surface area contributed by atoms with Crippen molar-refractivity contribution in [3.05, 3.63) is 71.4 Å². The third kappa shape index (κ3) is 11.0. The number of fused-ring (bicyclic) bond motifs is 1. The molecule has 0 saturated carbocycles. The summed E-state index contributed by atoms with van der Waals surface area (Å²) in [6.45, 7) is 18.5. The zero-order valence-corrected chi connectivity index (χ0v) is 21.5. The fourth-order valence-corrected chi connectivity index (χ4v) is 2.74. The van der Waals surface area contributed by atoms with Gasteiger partial charge in [-0.2, -0.15) is 4.98 Å². The summed E-state index contributed by atoms with van der Waals surface area (Å²) < 4.78 is 1.56. The zero-order valence-electron chi connectivity index (χ0n) is 21.5. The number of nitrogens with zero attached hydrogens (tertiary/aromatic N) is 3. The Hall–Kier alpha value is -3.39. The van der Waals surface area contributed by atoms with Crippen LogP contribution in [-0.4, -0.2) is 33.6 Å². The van der Waals surface area contributed by atoms with E-state index in [2.05, 4.69) is 47.3 Å². The Morgan fingerprint density at radius 1 is 1.15 bits per heavy atom. The molecule has 8 heteroatoms. The second-order valence-electron chi connectivity index (χ2n) is 7.15. The molecule has 188 valence electrons. The van der Waals surface area contributed by atoms with Gasteiger partial charge in [-0.1, -0.05) is 52.7 Å². The van der Waals surface area contributed by atoms with Crippen LogP contribution in [-0.2, 0) is 6.54 Å². The van der Waals surface area contributed by atoms with E-state index in [1.54, 1.807) is 4.57 Å². The summed E-state index contributed by atoms with van der Waals surface area (Å²) in [6.07, 6.45) is 5.32. The Labute approximate surface area is 204 Å². The van der Waals surface area contributed by atoms with E-state index in [0.717, 1.165) is 41.8 Å². The number of hydrogen-bond acceptors (Lipinski definition) is 4. The Morgan fingerprint density at radius 3 is 2.32 bits per heavy atom. The zero-order chi connectivity index (χ0) is 25.9. The van der Waals surface area contributed by atoms with Crippen LogP contribution in [0.15, 0.2) is 59.5 Å². The number of aryl methyl sites for hydroxylation is 1. The van der Waals surface area contributed by atoms with Gasteiger partial charge in [-0.25, -0.2) is 4.79 Å². The molecule has 0 radical (unpaired) electrons. The maximum atomic E-state index is 12.2. The van der Waals surface area contributed by atoms with Crippen molar-refractivity contribution in [1.29, 1.82) is 0 Å². The van der Waals surface area contributed by atoms with E-state index < -0.39 is 0 Å². The number of rotatable bonds is 8. The first-order valence-corrected chi connectivity index (χ1v) is 11.9. The fraction of sp³-hybridized carbons (Fsp3) is 0.423. The van der Waals surface area contributed by atoms with Crippen molar-refractivity contribution in [2.24, 2.45) is 16.5 Å². The van der Waals surface area contributed by atoms with Crippen LogP contribution >= 0.6 is 0 Å². The molecule has 0 aliphatic heterocycles. The predicted molar refractivity (Wildman–Crippen MR) is 147 cm³/mol. The fourth-order valence-electron chi connectivity index (χ4n) is 2.74. The first-order chi connectivity index (χ1) is 16.4. The Kier molecular flexibility index (Phi) is 16.3. The molecule has 0 aliphatic carbocycles. The average Bonchev–Trinajstić information content (AvgIpc) is 3.22. The van der Waals surface area contributed by atoms with Gasteiger partial charge in [-0.15, -0.1) is 13.2 Å². The van der Waals surface area contributed by atoms with Crippen LogP contribution in [0.4, 0.5) is 0 Å². The summed E-state index contributed by atoms with van der Waals surface area (Å²) in [5, 5.41) is 4.25. The number of aromatic amines is 1. The lowest BCUT2D eigenvalue weighted by atomic mass is 10.2. The van der Waals surface area contributed by atoms with E-state index in [4.69, 9.17) is 11.5 Å². The van der Waals surface area contributed by atoms with Gasteiger partial charge in [-0.3, -0.25) is 9.56 Å².